The first kappa shape index (κ1) is 11.6. The number of rotatable bonds is 1. The second-order valence-electron chi connectivity index (χ2n) is 3.36. The van der Waals surface area contributed by atoms with Crippen LogP contribution >= 0.6 is 34.8 Å². The molecule has 0 aliphatic heterocycles. The van der Waals surface area contributed by atoms with Crippen LogP contribution in [-0.2, 0) is 0 Å². The van der Waals surface area contributed by atoms with E-state index in [1.165, 1.54) is 0 Å². The zero-order valence-corrected chi connectivity index (χ0v) is 10.4. The summed E-state index contributed by atoms with van der Waals surface area (Å²) < 4.78 is 0. The lowest BCUT2D eigenvalue weighted by molar-refractivity contribution is 1.61. The summed E-state index contributed by atoms with van der Waals surface area (Å²) in [5, 5.41) is 1.60. The predicted octanol–water partition coefficient (Wildman–Crippen LogP) is 4.90. The first-order valence-electron chi connectivity index (χ1n) is 4.58. The molecular weight excluding hydrogens is 264 g/mol. The summed E-state index contributed by atoms with van der Waals surface area (Å²) in [7, 11) is 0. The van der Waals surface area contributed by atoms with Gasteiger partial charge in [-0.25, -0.2) is 0 Å². The standard InChI is InChI=1S/C12H8Cl3N/c13-9-3-1-7(2-4-9)8-5-10(14)12(16)11(15)6-8/h1-6H,16H2. The van der Waals surface area contributed by atoms with Crippen molar-refractivity contribution in [2.24, 2.45) is 0 Å². The van der Waals surface area contributed by atoms with Gasteiger partial charge >= 0.3 is 0 Å². The monoisotopic (exact) mass is 271 g/mol. The summed E-state index contributed by atoms with van der Waals surface area (Å²) in [5.74, 6) is 0. The topological polar surface area (TPSA) is 26.0 Å². The van der Waals surface area contributed by atoms with E-state index in [4.69, 9.17) is 40.5 Å². The summed E-state index contributed by atoms with van der Waals surface area (Å²) in [6, 6.07) is 11.0. The van der Waals surface area contributed by atoms with Gasteiger partial charge in [-0.15, -0.1) is 0 Å². The number of nitrogens with two attached hydrogens (primary N) is 1. The number of benzene rings is 2. The quantitative estimate of drug-likeness (QED) is 0.734. The number of hydrogen-bond acceptors (Lipinski definition) is 1. The van der Waals surface area contributed by atoms with Gasteiger partial charge in [0.25, 0.3) is 0 Å². The summed E-state index contributed by atoms with van der Waals surface area (Å²) in [6.45, 7) is 0. The molecule has 0 atom stereocenters. The van der Waals surface area contributed by atoms with E-state index in [0.29, 0.717) is 20.8 Å². The van der Waals surface area contributed by atoms with Crippen LogP contribution in [0.2, 0.25) is 15.1 Å². The summed E-state index contributed by atoms with van der Waals surface area (Å²) in [4.78, 5) is 0. The van der Waals surface area contributed by atoms with Crippen LogP contribution < -0.4 is 5.73 Å². The van der Waals surface area contributed by atoms with E-state index in [0.717, 1.165) is 11.1 Å². The van der Waals surface area contributed by atoms with Crippen molar-refractivity contribution >= 4 is 40.5 Å². The third kappa shape index (κ3) is 2.27. The van der Waals surface area contributed by atoms with Gasteiger partial charge in [0.15, 0.2) is 0 Å². The Bertz CT molecular complexity index is 497. The van der Waals surface area contributed by atoms with E-state index in [1.54, 1.807) is 12.1 Å². The average molecular weight is 273 g/mol. The van der Waals surface area contributed by atoms with Crippen molar-refractivity contribution < 1.29 is 0 Å². The van der Waals surface area contributed by atoms with E-state index in [9.17, 15) is 0 Å². The first-order chi connectivity index (χ1) is 7.58. The number of nitrogen functional groups attached to an aromatic ring is 1. The van der Waals surface area contributed by atoms with Crippen LogP contribution in [0.3, 0.4) is 0 Å². The molecule has 1 nitrogen and oxygen atoms in total. The van der Waals surface area contributed by atoms with E-state index >= 15 is 0 Å². The average Bonchev–Trinajstić information content (AvgIpc) is 2.26. The van der Waals surface area contributed by atoms with E-state index in [2.05, 4.69) is 0 Å². The number of anilines is 1. The van der Waals surface area contributed by atoms with Crippen molar-refractivity contribution in [3.63, 3.8) is 0 Å². The second kappa shape index (κ2) is 4.54. The molecule has 2 aromatic carbocycles. The largest absolute Gasteiger partial charge is 0.396 e. The molecule has 2 aromatic rings. The lowest BCUT2D eigenvalue weighted by Gasteiger charge is -2.06. The zero-order valence-electron chi connectivity index (χ0n) is 8.18. The highest BCUT2D eigenvalue weighted by molar-refractivity contribution is 6.39. The van der Waals surface area contributed by atoms with Gasteiger partial charge in [-0.1, -0.05) is 46.9 Å². The maximum absolute atomic E-state index is 5.96. The molecule has 0 saturated carbocycles. The second-order valence-corrected chi connectivity index (χ2v) is 4.61. The Morgan fingerprint density at radius 3 is 1.75 bits per heavy atom. The van der Waals surface area contributed by atoms with Gasteiger partial charge in [-0.2, -0.15) is 0 Å². The molecule has 0 fully saturated rings. The lowest BCUT2D eigenvalue weighted by Crippen LogP contribution is -1.89. The molecule has 0 aliphatic carbocycles. The van der Waals surface area contributed by atoms with Gasteiger partial charge in [-0.3, -0.25) is 0 Å². The normalized spacial score (nSPS) is 10.4. The van der Waals surface area contributed by atoms with Crippen molar-refractivity contribution in [1.82, 2.24) is 0 Å². The van der Waals surface area contributed by atoms with Crippen LogP contribution in [0.5, 0.6) is 0 Å². The fourth-order valence-electron chi connectivity index (χ4n) is 1.39. The smallest absolute Gasteiger partial charge is 0.0693 e. The van der Waals surface area contributed by atoms with Crippen LogP contribution in [0, 0.1) is 0 Å². The minimum absolute atomic E-state index is 0.404. The SMILES string of the molecule is Nc1c(Cl)cc(-c2ccc(Cl)cc2)cc1Cl. The molecule has 4 heteroatoms. The maximum Gasteiger partial charge on any atom is 0.0693 e. The van der Waals surface area contributed by atoms with Crippen LogP contribution in [0.15, 0.2) is 36.4 Å². The van der Waals surface area contributed by atoms with E-state index in [1.807, 2.05) is 24.3 Å². The van der Waals surface area contributed by atoms with Gasteiger partial charge in [0.2, 0.25) is 0 Å². The molecule has 2 rings (SSSR count). The highest BCUT2D eigenvalue weighted by Crippen LogP contribution is 2.33. The maximum atomic E-state index is 5.96. The van der Waals surface area contributed by atoms with E-state index in [-0.39, 0.29) is 0 Å². The Morgan fingerprint density at radius 2 is 1.25 bits per heavy atom. The van der Waals surface area contributed by atoms with Crippen molar-refractivity contribution in [1.29, 1.82) is 0 Å². The fraction of sp³-hybridized carbons (Fsp3) is 0. The molecular formula is C12H8Cl3N. The Balaban J connectivity index is 2.52. The van der Waals surface area contributed by atoms with Crippen LogP contribution in [-0.4, -0.2) is 0 Å². The third-order valence-electron chi connectivity index (χ3n) is 2.26. The fourth-order valence-corrected chi connectivity index (χ4v) is 2.01. The Morgan fingerprint density at radius 1 is 0.750 bits per heavy atom. The minimum atomic E-state index is 0.404. The molecule has 0 heterocycles. The molecule has 0 unspecified atom stereocenters. The van der Waals surface area contributed by atoms with Gasteiger partial charge in [0.1, 0.15) is 0 Å². The minimum Gasteiger partial charge on any atom is -0.396 e. The zero-order chi connectivity index (χ0) is 11.7. The van der Waals surface area contributed by atoms with Crippen LogP contribution in [0.1, 0.15) is 0 Å². The highest BCUT2D eigenvalue weighted by atomic mass is 35.5. The number of halogens is 3. The first-order valence-corrected chi connectivity index (χ1v) is 5.72. The molecule has 0 radical (unpaired) electrons. The van der Waals surface area contributed by atoms with Crippen LogP contribution in [0.25, 0.3) is 11.1 Å². The lowest BCUT2D eigenvalue weighted by atomic mass is 10.1. The molecule has 0 saturated heterocycles. The predicted molar refractivity (Wildman–Crippen MR) is 71.3 cm³/mol. The van der Waals surface area contributed by atoms with Gasteiger partial charge in [0.05, 0.1) is 15.7 Å². The number of hydrogen-bond donors (Lipinski definition) is 1. The molecule has 0 aromatic heterocycles. The Hall–Kier alpha value is -0.890. The third-order valence-corrected chi connectivity index (χ3v) is 3.13. The summed E-state index contributed by atoms with van der Waals surface area (Å²) in [6.07, 6.45) is 0. The highest BCUT2D eigenvalue weighted by Gasteiger charge is 2.06. The molecule has 82 valence electrons. The van der Waals surface area contributed by atoms with Crippen LogP contribution in [0.4, 0.5) is 5.69 Å². The Kier molecular flexibility index (Phi) is 3.29. The molecule has 0 amide bonds. The molecule has 16 heavy (non-hydrogen) atoms. The molecule has 0 spiro atoms. The van der Waals surface area contributed by atoms with Gasteiger partial charge < -0.3 is 5.73 Å². The van der Waals surface area contributed by atoms with Crippen molar-refractivity contribution in [2.45, 2.75) is 0 Å². The molecule has 2 N–H and O–H groups in total. The van der Waals surface area contributed by atoms with Crippen molar-refractivity contribution in [3.8, 4) is 11.1 Å². The van der Waals surface area contributed by atoms with E-state index < -0.39 is 0 Å². The van der Waals surface area contributed by atoms with Crippen molar-refractivity contribution in [3.05, 3.63) is 51.5 Å². The van der Waals surface area contributed by atoms with Gasteiger partial charge in [-0.05, 0) is 35.4 Å². The van der Waals surface area contributed by atoms with Gasteiger partial charge in [0, 0.05) is 5.02 Å². The van der Waals surface area contributed by atoms with Crippen molar-refractivity contribution in [2.75, 3.05) is 5.73 Å². The molecule has 0 bridgehead atoms. The summed E-state index contributed by atoms with van der Waals surface area (Å²) >= 11 is 17.7. The Labute approximate surface area is 109 Å². The molecule has 0 aliphatic rings. The summed E-state index contributed by atoms with van der Waals surface area (Å²) in [5.41, 5.74) is 7.98.